The Morgan fingerprint density at radius 1 is 1.77 bits per heavy atom. The molecule has 0 saturated carbocycles. The average Bonchev–Trinajstić information content (AvgIpc) is 2.51. The van der Waals surface area contributed by atoms with E-state index in [2.05, 4.69) is 10.5 Å². The summed E-state index contributed by atoms with van der Waals surface area (Å²) in [5.74, 6) is 0.788. The van der Waals surface area contributed by atoms with Crippen molar-refractivity contribution in [3.05, 3.63) is 28.1 Å². The van der Waals surface area contributed by atoms with Crippen molar-refractivity contribution in [2.24, 2.45) is 0 Å². The van der Waals surface area contributed by atoms with Gasteiger partial charge in [-0.05, 0) is 6.92 Å². The van der Waals surface area contributed by atoms with Gasteiger partial charge in [-0.3, -0.25) is 0 Å². The zero-order valence-electron chi connectivity index (χ0n) is 7.18. The molecule has 0 fully saturated rings. The molecule has 0 aliphatic rings. The predicted molar refractivity (Wildman–Crippen MR) is 52.7 cm³/mol. The quantitative estimate of drug-likeness (QED) is 0.848. The van der Waals surface area contributed by atoms with E-state index in [1.807, 2.05) is 13.0 Å². The summed E-state index contributed by atoms with van der Waals surface area (Å²) in [6.07, 6.45) is 0. The smallest absolute Gasteiger partial charge is 0.150 e. The molecule has 5 heteroatoms. The fourth-order valence-corrected chi connectivity index (χ4v) is 1.01. The number of halogens is 2. The lowest BCUT2D eigenvalue weighted by atomic mass is 10.4. The van der Waals surface area contributed by atoms with Gasteiger partial charge in [0.25, 0.3) is 0 Å². The van der Waals surface area contributed by atoms with Crippen molar-refractivity contribution in [3.63, 3.8) is 0 Å². The van der Waals surface area contributed by atoms with Gasteiger partial charge in [0, 0.05) is 23.2 Å². The Morgan fingerprint density at radius 3 is 3.08 bits per heavy atom. The Morgan fingerprint density at radius 2 is 2.54 bits per heavy atom. The minimum absolute atomic E-state index is 0.533. The predicted octanol–water partition coefficient (Wildman–Crippen LogP) is 2.39. The number of rotatable bonds is 4. The van der Waals surface area contributed by atoms with Crippen LogP contribution in [0.4, 0.5) is 0 Å². The standard InChI is InChI=1S/C8H10Cl2N2O/c1-6-2-8(13-12-6)5-11-4-7(10)3-9/h2-3,11H,4-5H2,1H3. The fraction of sp³-hybridized carbons (Fsp3) is 0.375. The molecule has 1 aromatic rings. The van der Waals surface area contributed by atoms with Gasteiger partial charge in [0.2, 0.25) is 0 Å². The van der Waals surface area contributed by atoms with Gasteiger partial charge in [-0.25, -0.2) is 0 Å². The van der Waals surface area contributed by atoms with Crippen molar-refractivity contribution >= 4 is 23.2 Å². The number of hydrogen-bond donors (Lipinski definition) is 1. The number of nitrogens with zero attached hydrogens (tertiary/aromatic N) is 1. The fourth-order valence-electron chi connectivity index (χ4n) is 0.843. The summed E-state index contributed by atoms with van der Waals surface area (Å²) < 4.78 is 4.97. The number of nitrogens with one attached hydrogen (secondary N) is 1. The highest BCUT2D eigenvalue weighted by atomic mass is 35.5. The maximum Gasteiger partial charge on any atom is 0.150 e. The third-order valence-electron chi connectivity index (χ3n) is 1.39. The van der Waals surface area contributed by atoms with E-state index in [1.54, 1.807) is 0 Å². The van der Waals surface area contributed by atoms with Crippen molar-refractivity contribution in [1.82, 2.24) is 10.5 Å². The zero-order valence-corrected chi connectivity index (χ0v) is 8.69. The van der Waals surface area contributed by atoms with E-state index in [1.165, 1.54) is 5.54 Å². The molecule has 1 heterocycles. The molecule has 0 spiro atoms. The summed E-state index contributed by atoms with van der Waals surface area (Å²) in [5, 5.41) is 7.36. The highest BCUT2D eigenvalue weighted by Gasteiger charge is 1.99. The average molecular weight is 221 g/mol. The van der Waals surface area contributed by atoms with Crippen LogP contribution >= 0.6 is 23.2 Å². The van der Waals surface area contributed by atoms with E-state index in [0.717, 1.165) is 11.5 Å². The summed E-state index contributed by atoms with van der Waals surface area (Å²) in [6.45, 7) is 3.01. The van der Waals surface area contributed by atoms with Crippen LogP contribution in [-0.2, 0) is 6.54 Å². The lowest BCUT2D eigenvalue weighted by Gasteiger charge is -1.98. The number of hydrogen-bond acceptors (Lipinski definition) is 3. The van der Waals surface area contributed by atoms with Gasteiger partial charge in [0.15, 0.2) is 5.76 Å². The molecule has 0 atom stereocenters. The van der Waals surface area contributed by atoms with Gasteiger partial charge in [0.1, 0.15) is 0 Å². The van der Waals surface area contributed by atoms with E-state index in [-0.39, 0.29) is 0 Å². The monoisotopic (exact) mass is 220 g/mol. The van der Waals surface area contributed by atoms with Crippen LogP contribution in [0.15, 0.2) is 21.2 Å². The second kappa shape index (κ2) is 5.27. The first kappa shape index (κ1) is 10.6. The Balaban J connectivity index is 2.28. The Kier molecular flexibility index (Phi) is 4.28. The van der Waals surface area contributed by atoms with Crippen molar-refractivity contribution in [2.75, 3.05) is 6.54 Å². The van der Waals surface area contributed by atoms with E-state index >= 15 is 0 Å². The van der Waals surface area contributed by atoms with Gasteiger partial charge in [-0.1, -0.05) is 28.4 Å². The molecule has 1 rings (SSSR count). The Labute approximate surface area is 86.7 Å². The van der Waals surface area contributed by atoms with Crippen LogP contribution in [0.5, 0.6) is 0 Å². The molecule has 0 aromatic carbocycles. The van der Waals surface area contributed by atoms with Gasteiger partial charge in [-0.2, -0.15) is 0 Å². The summed E-state index contributed by atoms with van der Waals surface area (Å²) in [5.41, 5.74) is 2.20. The van der Waals surface area contributed by atoms with Crippen LogP contribution in [0.1, 0.15) is 11.5 Å². The summed E-state index contributed by atoms with van der Waals surface area (Å²) in [4.78, 5) is 0. The van der Waals surface area contributed by atoms with Crippen molar-refractivity contribution in [1.29, 1.82) is 0 Å². The zero-order chi connectivity index (χ0) is 9.68. The summed E-state index contributed by atoms with van der Waals surface area (Å²) in [6, 6.07) is 1.87. The van der Waals surface area contributed by atoms with Gasteiger partial charge >= 0.3 is 0 Å². The van der Waals surface area contributed by atoms with Crippen LogP contribution < -0.4 is 5.32 Å². The molecular weight excluding hydrogens is 211 g/mol. The van der Waals surface area contributed by atoms with E-state index in [4.69, 9.17) is 27.7 Å². The molecule has 0 radical (unpaired) electrons. The molecule has 1 aromatic heterocycles. The van der Waals surface area contributed by atoms with Crippen LogP contribution in [-0.4, -0.2) is 11.7 Å². The number of aryl methyl sites for hydroxylation is 1. The van der Waals surface area contributed by atoms with E-state index < -0.39 is 0 Å². The molecule has 0 aliphatic heterocycles. The highest BCUT2D eigenvalue weighted by Crippen LogP contribution is 2.03. The van der Waals surface area contributed by atoms with E-state index in [9.17, 15) is 0 Å². The topological polar surface area (TPSA) is 38.1 Å². The van der Waals surface area contributed by atoms with E-state index in [0.29, 0.717) is 18.1 Å². The molecule has 0 saturated heterocycles. The maximum atomic E-state index is 5.66. The Bertz CT molecular complexity index is 296. The molecule has 0 unspecified atom stereocenters. The molecule has 3 nitrogen and oxygen atoms in total. The Hall–Kier alpha value is -0.510. The molecule has 0 bridgehead atoms. The highest BCUT2D eigenvalue weighted by molar-refractivity contribution is 6.36. The SMILES string of the molecule is Cc1cc(CNCC(Cl)=CCl)on1. The lowest BCUT2D eigenvalue weighted by Crippen LogP contribution is -2.14. The molecule has 0 aliphatic carbocycles. The first-order valence-electron chi connectivity index (χ1n) is 3.80. The van der Waals surface area contributed by atoms with Crippen molar-refractivity contribution < 1.29 is 4.52 Å². The second-order valence-corrected chi connectivity index (χ2v) is 3.30. The summed E-state index contributed by atoms with van der Waals surface area (Å²) >= 11 is 11.0. The van der Waals surface area contributed by atoms with Crippen LogP contribution in [0.2, 0.25) is 0 Å². The molecule has 72 valence electrons. The van der Waals surface area contributed by atoms with Crippen LogP contribution in [0.3, 0.4) is 0 Å². The lowest BCUT2D eigenvalue weighted by molar-refractivity contribution is 0.372. The third-order valence-corrected chi connectivity index (χ3v) is 2.01. The van der Waals surface area contributed by atoms with Crippen LogP contribution in [0.25, 0.3) is 0 Å². The van der Waals surface area contributed by atoms with Crippen LogP contribution in [0, 0.1) is 6.92 Å². The summed E-state index contributed by atoms with van der Waals surface area (Å²) in [7, 11) is 0. The largest absolute Gasteiger partial charge is 0.360 e. The van der Waals surface area contributed by atoms with Gasteiger partial charge in [0.05, 0.1) is 12.2 Å². The molecule has 1 N–H and O–H groups in total. The molecular formula is C8H10Cl2N2O. The number of aromatic nitrogens is 1. The van der Waals surface area contributed by atoms with Gasteiger partial charge in [-0.15, -0.1) is 0 Å². The molecule has 0 amide bonds. The van der Waals surface area contributed by atoms with Crippen molar-refractivity contribution in [2.45, 2.75) is 13.5 Å². The van der Waals surface area contributed by atoms with Crippen molar-refractivity contribution in [3.8, 4) is 0 Å². The maximum absolute atomic E-state index is 5.66. The first-order valence-corrected chi connectivity index (χ1v) is 4.61. The molecule has 13 heavy (non-hydrogen) atoms. The van der Waals surface area contributed by atoms with Gasteiger partial charge < -0.3 is 9.84 Å². The minimum atomic E-state index is 0.533. The normalized spacial score (nSPS) is 12.1. The first-order chi connectivity index (χ1) is 6.22. The third kappa shape index (κ3) is 3.81. The minimum Gasteiger partial charge on any atom is -0.360 e. The second-order valence-electron chi connectivity index (χ2n) is 2.59.